The summed E-state index contributed by atoms with van der Waals surface area (Å²) in [4.78, 5) is 40.2. The van der Waals surface area contributed by atoms with Crippen molar-refractivity contribution in [3.63, 3.8) is 0 Å². The Labute approximate surface area is 137 Å². The van der Waals surface area contributed by atoms with Crippen molar-refractivity contribution >= 4 is 28.5 Å². The molecule has 0 saturated carbocycles. The first-order valence-corrected chi connectivity index (χ1v) is 7.43. The van der Waals surface area contributed by atoms with E-state index in [1.54, 1.807) is 18.2 Å². The van der Waals surface area contributed by atoms with Crippen LogP contribution in [0.5, 0.6) is 0 Å². The summed E-state index contributed by atoms with van der Waals surface area (Å²) in [6.45, 7) is -0.118. The van der Waals surface area contributed by atoms with E-state index in [0.29, 0.717) is 16.7 Å². The number of H-pyrrole nitrogens is 2. The molecule has 0 atom stereocenters. The van der Waals surface area contributed by atoms with Crippen molar-refractivity contribution in [2.24, 2.45) is 0 Å². The predicted octanol–water partition coefficient (Wildman–Crippen LogP) is 1.15. The van der Waals surface area contributed by atoms with E-state index in [1.165, 1.54) is 0 Å². The van der Waals surface area contributed by atoms with Crippen LogP contribution in [0, 0.1) is 0 Å². The molecule has 122 valence electrons. The normalized spacial score (nSPS) is 10.5. The molecule has 24 heavy (non-hydrogen) atoms. The van der Waals surface area contributed by atoms with Gasteiger partial charge in [-0.3, -0.25) is 9.59 Å². The van der Waals surface area contributed by atoms with Gasteiger partial charge in [-0.25, -0.2) is 4.79 Å². The lowest BCUT2D eigenvalue weighted by atomic mass is 10.1. The van der Waals surface area contributed by atoms with E-state index in [0.717, 1.165) is 5.56 Å². The number of benzene rings is 2. The molecule has 0 unspecified atom stereocenters. The minimum atomic E-state index is -0.339. The van der Waals surface area contributed by atoms with Crippen LogP contribution in [0.2, 0.25) is 0 Å². The molecule has 0 fully saturated rings. The van der Waals surface area contributed by atoms with Gasteiger partial charge in [-0.2, -0.15) is 0 Å². The van der Waals surface area contributed by atoms with Crippen LogP contribution in [0.3, 0.4) is 0 Å². The van der Waals surface area contributed by atoms with Gasteiger partial charge in [0.25, 0.3) is 0 Å². The molecule has 1 heterocycles. The van der Waals surface area contributed by atoms with E-state index in [2.05, 4.69) is 20.6 Å². The zero-order valence-electron chi connectivity index (χ0n) is 12.8. The zero-order valence-corrected chi connectivity index (χ0v) is 12.8. The number of hydrogen-bond acceptors (Lipinski definition) is 3. The number of imidazole rings is 1. The van der Waals surface area contributed by atoms with Gasteiger partial charge in [0.1, 0.15) is 0 Å². The maximum absolute atomic E-state index is 11.9. The molecule has 0 aliphatic rings. The smallest absolute Gasteiger partial charge is 0.323 e. The Hall–Kier alpha value is -3.35. The number of aromatic nitrogens is 2. The summed E-state index contributed by atoms with van der Waals surface area (Å²) < 4.78 is 0. The second-order valence-electron chi connectivity index (χ2n) is 5.33. The fraction of sp³-hybridized carbons (Fsp3) is 0.118. The molecule has 7 heteroatoms. The van der Waals surface area contributed by atoms with Gasteiger partial charge in [-0.05, 0) is 23.8 Å². The number of anilines is 1. The van der Waals surface area contributed by atoms with E-state index >= 15 is 0 Å². The van der Waals surface area contributed by atoms with E-state index in [-0.39, 0.29) is 30.5 Å². The third-order valence-corrected chi connectivity index (χ3v) is 3.45. The molecule has 1 aromatic heterocycles. The van der Waals surface area contributed by atoms with Crippen LogP contribution in [0.1, 0.15) is 5.56 Å². The van der Waals surface area contributed by atoms with Gasteiger partial charge in [0.15, 0.2) is 0 Å². The second-order valence-corrected chi connectivity index (χ2v) is 5.33. The summed E-state index contributed by atoms with van der Waals surface area (Å²) in [5.74, 6) is -0.560. The lowest BCUT2D eigenvalue weighted by molar-refractivity contribution is -0.123. The van der Waals surface area contributed by atoms with Crippen LogP contribution < -0.4 is 16.3 Å². The van der Waals surface area contributed by atoms with Crippen LogP contribution in [-0.4, -0.2) is 28.3 Å². The average molecular weight is 324 g/mol. The first-order chi connectivity index (χ1) is 11.6. The van der Waals surface area contributed by atoms with Crippen molar-refractivity contribution in [1.82, 2.24) is 15.3 Å². The average Bonchev–Trinajstić information content (AvgIpc) is 2.93. The number of carbonyl (C=O) groups is 2. The third kappa shape index (κ3) is 3.89. The number of amides is 2. The maximum Gasteiger partial charge on any atom is 0.323 e. The summed E-state index contributed by atoms with van der Waals surface area (Å²) in [7, 11) is 0. The summed E-state index contributed by atoms with van der Waals surface area (Å²) in [6, 6.07) is 14.3. The molecule has 0 radical (unpaired) electrons. The standard InChI is InChI=1S/C17H16N4O3/c22-15(8-11-4-2-1-3-5-11)18-10-16(23)19-12-6-7-13-14(9-12)21-17(24)20-13/h1-7,9H,8,10H2,(H,18,22)(H,19,23)(H2,20,21,24). The molecule has 4 N–H and O–H groups in total. The Bertz CT molecular complexity index is 928. The van der Waals surface area contributed by atoms with Crippen LogP contribution in [0.4, 0.5) is 5.69 Å². The second kappa shape index (κ2) is 6.82. The molecule has 0 saturated heterocycles. The summed E-state index contributed by atoms with van der Waals surface area (Å²) >= 11 is 0. The summed E-state index contributed by atoms with van der Waals surface area (Å²) in [5.41, 5.74) is 2.39. The number of carbonyl (C=O) groups excluding carboxylic acids is 2. The minimum absolute atomic E-state index is 0.118. The highest BCUT2D eigenvalue weighted by molar-refractivity contribution is 5.96. The third-order valence-electron chi connectivity index (χ3n) is 3.45. The van der Waals surface area contributed by atoms with Crippen LogP contribution in [-0.2, 0) is 16.0 Å². The fourth-order valence-corrected chi connectivity index (χ4v) is 2.34. The largest absolute Gasteiger partial charge is 0.347 e. The Morgan fingerprint density at radius 3 is 2.46 bits per heavy atom. The van der Waals surface area contributed by atoms with E-state index in [1.807, 2.05) is 30.3 Å². The monoisotopic (exact) mass is 324 g/mol. The van der Waals surface area contributed by atoms with Crippen LogP contribution >= 0.6 is 0 Å². The van der Waals surface area contributed by atoms with Gasteiger partial charge in [-0.15, -0.1) is 0 Å². The Morgan fingerprint density at radius 1 is 0.917 bits per heavy atom. The SMILES string of the molecule is O=C(Cc1ccccc1)NCC(=O)Nc1ccc2[nH]c(=O)[nH]c2c1. The number of hydrogen-bond donors (Lipinski definition) is 4. The van der Waals surface area contributed by atoms with Crippen molar-refractivity contribution in [1.29, 1.82) is 0 Å². The van der Waals surface area contributed by atoms with Gasteiger partial charge in [-0.1, -0.05) is 30.3 Å². The Kier molecular flexibility index (Phi) is 4.42. The van der Waals surface area contributed by atoms with Crippen LogP contribution in [0.15, 0.2) is 53.3 Å². The van der Waals surface area contributed by atoms with Gasteiger partial charge in [0.05, 0.1) is 24.0 Å². The lowest BCUT2D eigenvalue weighted by Crippen LogP contribution is -2.33. The van der Waals surface area contributed by atoms with Crippen molar-refractivity contribution in [3.8, 4) is 0 Å². The number of nitrogens with one attached hydrogen (secondary N) is 4. The highest BCUT2D eigenvalue weighted by atomic mass is 16.2. The van der Waals surface area contributed by atoms with E-state index < -0.39 is 0 Å². The molecule has 3 aromatic rings. The number of rotatable bonds is 5. The molecular weight excluding hydrogens is 308 g/mol. The highest BCUT2D eigenvalue weighted by Crippen LogP contribution is 2.14. The maximum atomic E-state index is 11.9. The van der Waals surface area contributed by atoms with Crippen molar-refractivity contribution in [2.75, 3.05) is 11.9 Å². The zero-order chi connectivity index (χ0) is 16.9. The molecule has 7 nitrogen and oxygen atoms in total. The minimum Gasteiger partial charge on any atom is -0.347 e. The van der Waals surface area contributed by atoms with Gasteiger partial charge >= 0.3 is 5.69 Å². The van der Waals surface area contributed by atoms with Gasteiger partial charge < -0.3 is 20.6 Å². The Morgan fingerprint density at radius 2 is 1.67 bits per heavy atom. The molecule has 3 rings (SSSR count). The van der Waals surface area contributed by atoms with Crippen LogP contribution in [0.25, 0.3) is 11.0 Å². The van der Waals surface area contributed by atoms with Gasteiger partial charge in [0.2, 0.25) is 11.8 Å². The van der Waals surface area contributed by atoms with Crippen molar-refractivity contribution in [2.45, 2.75) is 6.42 Å². The number of fused-ring (bicyclic) bond motifs is 1. The fourth-order valence-electron chi connectivity index (χ4n) is 2.34. The quantitative estimate of drug-likeness (QED) is 0.565. The summed E-state index contributed by atoms with van der Waals surface area (Å²) in [6.07, 6.45) is 0.227. The molecule has 0 aliphatic heterocycles. The molecule has 2 amide bonds. The van der Waals surface area contributed by atoms with Gasteiger partial charge in [0, 0.05) is 5.69 Å². The van der Waals surface area contributed by atoms with Crippen molar-refractivity contribution < 1.29 is 9.59 Å². The first-order valence-electron chi connectivity index (χ1n) is 7.43. The molecule has 0 spiro atoms. The highest BCUT2D eigenvalue weighted by Gasteiger charge is 2.08. The first kappa shape index (κ1) is 15.5. The topological polar surface area (TPSA) is 107 Å². The molecule has 0 aliphatic carbocycles. The summed E-state index contributed by atoms with van der Waals surface area (Å²) in [5, 5.41) is 5.25. The van der Waals surface area contributed by atoms with E-state index in [4.69, 9.17) is 0 Å². The Balaban J connectivity index is 1.53. The molecule has 2 aromatic carbocycles. The lowest BCUT2D eigenvalue weighted by Gasteiger charge is -2.07. The predicted molar refractivity (Wildman–Crippen MR) is 90.7 cm³/mol. The number of aromatic amines is 2. The molecule has 0 bridgehead atoms. The molecular formula is C17H16N4O3. The van der Waals surface area contributed by atoms with E-state index in [9.17, 15) is 14.4 Å². The van der Waals surface area contributed by atoms with Crippen molar-refractivity contribution in [3.05, 3.63) is 64.6 Å².